The third-order valence-electron chi connectivity index (χ3n) is 6.25. The third kappa shape index (κ3) is 3.84. The van der Waals surface area contributed by atoms with E-state index in [4.69, 9.17) is 16.3 Å². The monoisotopic (exact) mass is 431 g/mol. The van der Waals surface area contributed by atoms with E-state index in [0.29, 0.717) is 54.3 Å². The van der Waals surface area contributed by atoms with Gasteiger partial charge in [0.2, 0.25) is 0 Å². The van der Waals surface area contributed by atoms with Crippen molar-refractivity contribution in [2.45, 2.75) is 24.9 Å². The molecule has 0 aromatic heterocycles. The molecule has 2 aliphatic heterocycles. The van der Waals surface area contributed by atoms with Crippen LogP contribution in [0.2, 0.25) is 5.02 Å². The molecule has 2 heterocycles. The van der Waals surface area contributed by atoms with Gasteiger partial charge in [0.1, 0.15) is 11.4 Å². The van der Waals surface area contributed by atoms with Crippen LogP contribution >= 0.6 is 11.6 Å². The van der Waals surface area contributed by atoms with E-state index in [2.05, 4.69) is 12.1 Å². The molecule has 5 rings (SSSR count). The van der Waals surface area contributed by atoms with Crippen molar-refractivity contribution in [3.05, 3.63) is 88.9 Å². The molecule has 1 fully saturated rings. The number of piperidine rings is 1. The van der Waals surface area contributed by atoms with E-state index in [9.17, 15) is 9.59 Å². The van der Waals surface area contributed by atoms with Gasteiger partial charge in [0.05, 0.1) is 12.0 Å². The van der Waals surface area contributed by atoms with Gasteiger partial charge in [0, 0.05) is 36.5 Å². The molecule has 3 aromatic carbocycles. The Hall–Kier alpha value is -3.11. The lowest BCUT2D eigenvalue weighted by Gasteiger charge is -2.44. The minimum absolute atomic E-state index is 0.0174. The normalized spacial score (nSPS) is 17.2. The maximum Gasteiger partial charge on any atom is 0.253 e. The summed E-state index contributed by atoms with van der Waals surface area (Å²) in [5.74, 6) is 0.667. The summed E-state index contributed by atoms with van der Waals surface area (Å²) in [7, 11) is 0. The lowest BCUT2D eigenvalue weighted by atomic mass is 9.82. The SMILES string of the molecule is O=C1CC2(CCN(C(=O)c3ccc(-c4ccccc4)cc3)CC2)Oc2ccc(Cl)cc21. The number of halogens is 1. The van der Waals surface area contributed by atoms with E-state index in [0.717, 1.165) is 11.1 Å². The van der Waals surface area contributed by atoms with Crippen LogP contribution in [0.5, 0.6) is 5.75 Å². The molecule has 0 aliphatic carbocycles. The number of rotatable bonds is 2. The molecule has 0 bridgehead atoms. The van der Waals surface area contributed by atoms with Crippen LogP contribution in [-0.2, 0) is 0 Å². The Morgan fingerprint density at radius 1 is 0.903 bits per heavy atom. The van der Waals surface area contributed by atoms with Gasteiger partial charge in [-0.1, -0.05) is 54.1 Å². The first kappa shape index (κ1) is 19.8. The molecular formula is C26H22ClNO3. The molecule has 1 saturated heterocycles. The molecule has 0 N–H and O–H groups in total. The summed E-state index contributed by atoms with van der Waals surface area (Å²) in [4.78, 5) is 27.6. The van der Waals surface area contributed by atoms with Crippen LogP contribution < -0.4 is 4.74 Å². The summed E-state index contributed by atoms with van der Waals surface area (Å²) < 4.78 is 6.27. The van der Waals surface area contributed by atoms with Gasteiger partial charge >= 0.3 is 0 Å². The van der Waals surface area contributed by atoms with Crippen LogP contribution in [0.4, 0.5) is 0 Å². The Labute approximate surface area is 186 Å². The summed E-state index contributed by atoms with van der Waals surface area (Å²) in [5, 5.41) is 0.533. The number of nitrogens with zero attached hydrogens (tertiary/aromatic N) is 1. The molecule has 4 nitrogen and oxygen atoms in total. The molecule has 3 aromatic rings. The molecular weight excluding hydrogens is 410 g/mol. The summed E-state index contributed by atoms with van der Waals surface area (Å²) >= 11 is 6.02. The number of ketones is 1. The fraction of sp³-hybridized carbons (Fsp3) is 0.231. The highest BCUT2D eigenvalue weighted by Crippen LogP contribution is 2.40. The lowest BCUT2D eigenvalue weighted by molar-refractivity contribution is -0.00570. The van der Waals surface area contributed by atoms with Gasteiger partial charge < -0.3 is 9.64 Å². The van der Waals surface area contributed by atoms with Crippen molar-refractivity contribution in [2.24, 2.45) is 0 Å². The first-order chi connectivity index (χ1) is 15.0. The highest BCUT2D eigenvalue weighted by Gasteiger charge is 2.43. The first-order valence-corrected chi connectivity index (χ1v) is 10.9. The highest BCUT2D eigenvalue weighted by molar-refractivity contribution is 6.31. The number of carbonyl (C=O) groups is 2. The van der Waals surface area contributed by atoms with Crippen molar-refractivity contribution in [2.75, 3.05) is 13.1 Å². The predicted molar refractivity (Wildman–Crippen MR) is 121 cm³/mol. The van der Waals surface area contributed by atoms with E-state index >= 15 is 0 Å². The average Bonchev–Trinajstić information content (AvgIpc) is 2.80. The quantitative estimate of drug-likeness (QED) is 0.527. The zero-order chi connectivity index (χ0) is 21.4. The summed E-state index contributed by atoms with van der Waals surface area (Å²) in [6.07, 6.45) is 1.59. The number of likely N-dealkylation sites (tertiary alicyclic amines) is 1. The van der Waals surface area contributed by atoms with E-state index in [1.54, 1.807) is 18.2 Å². The average molecular weight is 432 g/mol. The maximum absolute atomic E-state index is 13.0. The van der Waals surface area contributed by atoms with Crippen LogP contribution in [0.1, 0.15) is 40.0 Å². The van der Waals surface area contributed by atoms with Gasteiger partial charge in [-0.15, -0.1) is 0 Å². The number of benzene rings is 3. The standard InChI is InChI=1S/C26H22ClNO3/c27-21-10-11-24-22(16-21)23(29)17-26(31-24)12-14-28(15-13-26)25(30)20-8-6-19(7-9-20)18-4-2-1-3-5-18/h1-11,16H,12-15,17H2. The molecule has 1 amide bonds. The molecule has 2 aliphatic rings. The Morgan fingerprint density at radius 3 is 2.29 bits per heavy atom. The molecule has 31 heavy (non-hydrogen) atoms. The van der Waals surface area contributed by atoms with E-state index in [1.807, 2.05) is 47.4 Å². The van der Waals surface area contributed by atoms with E-state index in [1.165, 1.54) is 0 Å². The van der Waals surface area contributed by atoms with Crippen LogP contribution in [-0.4, -0.2) is 35.3 Å². The van der Waals surface area contributed by atoms with Crippen LogP contribution in [0, 0.1) is 0 Å². The minimum Gasteiger partial charge on any atom is -0.486 e. The number of hydrogen-bond donors (Lipinski definition) is 0. The van der Waals surface area contributed by atoms with Gasteiger partial charge in [-0.3, -0.25) is 9.59 Å². The van der Waals surface area contributed by atoms with Gasteiger partial charge in [-0.2, -0.15) is 0 Å². The minimum atomic E-state index is -0.536. The Bertz CT molecular complexity index is 1130. The van der Waals surface area contributed by atoms with E-state index in [-0.39, 0.29) is 11.7 Å². The largest absolute Gasteiger partial charge is 0.486 e. The third-order valence-corrected chi connectivity index (χ3v) is 6.49. The fourth-order valence-electron chi connectivity index (χ4n) is 4.48. The van der Waals surface area contributed by atoms with Gasteiger partial charge in [0.25, 0.3) is 5.91 Å². The maximum atomic E-state index is 13.0. The lowest BCUT2D eigenvalue weighted by Crippen LogP contribution is -2.52. The first-order valence-electron chi connectivity index (χ1n) is 10.5. The summed E-state index contributed by atoms with van der Waals surface area (Å²) in [5.41, 5.74) is 2.91. The molecule has 0 unspecified atom stereocenters. The van der Waals surface area contributed by atoms with E-state index < -0.39 is 5.60 Å². The van der Waals surface area contributed by atoms with Crippen molar-refractivity contribution in [1.82, 2.24) is 4.90 Å². The second-order valence-electron chi connectivity index (χ2n) is 8.26. The molecule has 5 heteroatoms. The number of carbonyl (C=O) groups excluding carboxylic acids is 2. The molecule has 0 radical (unpaired) electrons. The van der Waals surface area contributed by atoms with Crippen LogP contribution in [0.25, 0.3) is 11.1 Å². The number of amides is 1. The predicted octanol–water partition coefficient (Wildman–Crippen LogP) is 5.65. The fourth-order valence-corrected chi connectivity index (χ4v) is 4.65. The topological polar surface area (TPSA) is 46.6 Å². The number of hydrogen-bond acceptors (Lipinski definition) is 3. The zero-order valence-corrected chi connectivity index (χ0v) is 17.8. The van der Waals surface area contributed by atoms with Crippen LogP contribution in [0.3, 0.4) is 0 Å². The second kappa shape index (κ2) is 7.86. The Balaban J connectivity index is 1.27. The zero-order valence-electron chi connectivity index (χ0n) is 17.0. The molecule has 0 atom stereocenters. The highest BCUT2D eigenvalue weighted by atomic mass is 35.5. The van der Waals surface area contributed by atoms with Gasteiger partial charge in [-0.05, 0) is 41.5 Å². The Kier molecular flexibility index (Phi) is 5.03. The second-order valence-corrected chi connectivity index (χ2v) is 8.70. The molecule has 156 valence electrons. The van der Waals surface area contributed by atoms with Crippen molar-refractivity contribution in [1.29, 1.82) is 0 Å². The number of fused-ring (bicyclic) bond motifs is 1. The Morgan fingerprint density at radius 2 is 1.58 bits per heavy atom. The van der Waals surface area contributed by atoms with Crippen molar-refractivity contribution in [3.63, 3.8) is 0 Å². The van der Waals surface area contributed by atoms with Gasteiger partial charge in [-0.25, -0.2) is 0 Å². The molecule has 0 saturated carbocycles. The smallest absolute Gasteiger partial charge is 0.253 e. The van der Waals surface area contributed by atoms with Crippen molar-refractivity contribution < 1.29 is 14.3 Å². The van der Waals surface area contributed by atoms with Crippen molar-refractivity contribution >= 4 is 23.3 Å². The number of ether oxygens (including phenoxy) is 1. The summed E-state index contributed by atoms with van der Waals surface area (Å²) in [6, 6.07) is 23.0. The van der Waals surface area contributed by atoms with Crippen molar-refractivity contribution in [3.8, 4) is 16.9 Å². The van der Waals surface area contributed by atoms with Gasteiger partial charge in [0.15, 0.2) is 5.78 Å². The van der Waals surface area contributed by atoms with Crippen LogP contribution in [0.15, 0.2) is 72.8 Å². The molecule has 1 spiro atoms. The number of Topliss-reactive ketones (excluding diaryl/α,β-unsaturated/α-hetero) is 1. The summed E-state index contributed by atoms with van der Waals surface area (Å²) in [6.45, 7) is 1.13.